The summed E-state index contributed by atoms with van der Waals surface area (Å²) in [6, 6.07) is 1.04. The lowest BCUT2D eigenvalue weighted by molar-refractivity contribution is -0.925. The number of amides is 3. The van der Waals surface area contributed by atoms with Crippen LogP contribution in [-0.2, 0) is 28.8 Å². The van der Waals surface area contributed by atoms with Crippen molar-refractivity contribution in [1.29, 1.82) is 5.41 Å². The fourth-order valence-electron chi connectivity index (χ4n) is 7.07. The van der Waals surface area contributed by atoms with E-state index in [1.165, 1.54) is 42.0 Å². The number of β-lactam (4-membered cyclic amide) rings is 1. The van der Waals surface area contributed by atoms with Gasteiger partial charge < -0.3 is 45.7 Å². The molecule has 3 amide bonds. The van der Waals surface area contributed by atoms with Crippen molar-refractivity contribution in [2.45, 2.75) is 61.9 Å². The highest BCUT2D eigenvalue weighted by Crippen LogP contribution is 2.45. The van der Waals surface area contributed by atoms with Gasteiger partial charge >= 0.3 is 11.9 Å². The molecule has 0 aliphatic carbocycles. The number of anilines is 1. The van der Waals surface area contributed by atoms with Crippen LogP contribution in [0.25, 0.3) is 0 Å². The van der Waals surface area contributed by atoms with Gasteiger partial charge in [0, 0.05) is 40.7 Å². The Hall–Kier alpha value is -4.92. The largest absolute Gasteiger partial charge is 0.504 e. The van der Waals surface area contributed by atoms with E-state index in [1.54, 1.807) is 4.90 Å². The summed E-state index contributed by atoms with van der Waals surface area (Å²) in [4.78, 5) is 77.2. The number of rotatable bonds is 11. The number of quaternary nitrogens is 1. The van der Waals surface area contributed by atoms with Crippen LogP contribution in [0.3, 0.4) is 0 Å². The number of thiazole rings is 1. The molecule has 2 bridgehead atoms. The van der Waals surface area contributed by atoms with Gasteiger partial charge in [0.15, 0.2) is 22.3 Å². The number of phenols is 2. The van der Waals surface area contributed by atoms with Crippen LogP contribution in [0.1, 0.15) is 44.9 Å². The summed E-state index contributed by atoms with van der Waals surface area (Å²) in [7, 11) is 0. The summed E-state index contributed by atoms with van der Waals surface area (Å²) in [5.41, 5.74) is 3.58. The highest BCUT2D eigenvalue weighted by atomic mass is 35.5. The Morgan fingerprint density at radius 1 is 1.19 bits per heavy atom. The second-order valence-corrected chi connectivity index (χ2v) is 16.8. The first-order valence-corrected chi connectivity index (χ1v) is 19.0. The number of aromatic nitrogens is 1. The van der Waals surface area contributed by atoms with Gasteiger partial charge in [-0.15, -0.1) is 23.1 Å². The standard InChI is InChI=1S/C33H37ClN8O10S2/c1-14-17(12-42-7-4-16(5-8-42)40(6-9-42)27(46)21(35)15-10-18(34)25(44)20(43)11-15)24(30(48)49)41-28(47)23(29(41)54-14)38-26(45)22(19-13-53-32(36)37-19)39-52-33(2,3)31(50)51/h10-11,13-14,16,23,29H,4-9,12H2,1-3H3,(H7-,35,36,37,38,39,43,44,45,46,48,49,50,51)/p+1. The third-order valence-electron chi connectivity index (χ3n) is 10.2. The first-order chi connectivity index (χ1) is 25.3. The number of aliphatic carboxylic acids is 2. The summed E-state index contributed by atoms with van der Waals surface area (Å²) < 4.78 is 0.465. The SMILES string of the molecule is CC1SC2C(NC(=O)C(=NOC(C)(C)C(=O)O)c3csc(N)n3)C(=O)N2C(C(=O)O)=C1C[N+]12CCC(CC1)N(C(=O)C(=N)c1cc(O)c(O)c(Cl)c1)CC2. The van der Waals surface area contributed by atoms with Gasteiger partial charge in [-0.2, -0.15) is 0 Å². The van der Waals surface area contributed by atoms with Gasteiger partial charge in [-0.1, -0.05) is 16.8 Å². The average molecular weight is 806 g/mol. The maximum atomic E-state index is 13.6. The molecule has 21 heteroatoms. The minimum atomic E-state index is -1.80. The third-order valence-corrected chi connectivity index (χ3v) is 12.6. The number of benzene rings is 1. The lowest BCUT2D eigenvalue weighted by Crippen LogP contribution is -2.72. The van der Waals surface area contributed by atoms with Crippen LogP contribution in [-0.4, -0.2) is 142 Å². The van der Waals surface area contributed by atoms with E-state index in [4.69, 9.17) is 27.6 Å². The number of piperidine rings is 1. The van der Waals surface area contributed by atoms with E-state index in [1.807, 2.05) is 6.92 Å². The molecule has 8 N–H and O–H groups in total. The molecule has 288 valence electrons. The molecule has 5 aliphatic rings. The number of carbonyl (C=O) groups is 5. The van der Waals surface area contributed by atoms with Crippen LogP contribution < -0.4 is 11.1 Å². The predicted molar refractivity (Wildman–Crippen MR) is 196 cm³/mol. The molecule has 2 aromatic rings. The number of thioether (sulfide) groups is 1. The van der Waals surface area contributed by atoms with Crippen molar-refractivity contribution in [3.05, 3.63) is 45.1 Å². The summed E-state index contributed by atoms with van der Waals surface area (Å²) in [6.45, 7) is 6.61. The monoisotopic (exact) mass is 805 g/mol. The quantitative estimate of drug-likeness (QED) is 0.0557. The number of hydrogen-bond donors (Lipinski definition) is 7. The Morgan fingerprint density at radius 3 is 2.46 bits per heavy atom. The molecule has 18 nitrogen and oxygen atoms in total. The van der Waals surface area contributed by atoms with Gasteiger partial charge in [0.1, 0.15) is 35.1 Å². The summed E-state index contributed by atoms with van der Waals surface area (Å²) in [6.07, 6.45) is 1.19. The number of hydrogen-bond acceptors (Lipinski definition) is 14. The lowest BCUT2D eigenvalue weighted by Gasteiger charge is -2.52. The van der Waals surface area contributed by atoms with Crippen molar-refractivity contribution in [2.24, 2.45) is 5.16 Å². The number of halogens is 1. The average Bonchev–Trinajstić information content (AvgIpc) is 3.36. The zero-order valence-corrected chi connectivity index (χ0v) is 31.6. The minimum Gasteiger partial charge on any atom is -0.504 e. The van der Waals surface area contributed by atoms with Gasteiger partial charge in [-0.3, -0.25) is 24.7 Å². The number of aromatic hydroxyl groups is 2. The van der Waals surface area contributed by atoms with Crippen LogP contribution in [0.15, 0.2) is 33.9 Å². The first-order valence-electron chi connectivity index (χ1n) is 16.8. The van der Waals surface area contributed by atoms with Crippen molar-refractivity contribution in [3.63, 3.8) is 0 Å². The number of nitrogens with two attached hydrogens (primary N) is 1. The highest BCUT2D eigenvalue weighted by Gasteiger charge is 2.57. The highest BCUT2D eigenvalue weighted by molar-refractivity contribution is 8.00. The Kier molecular flexibility index (Phi) is 10.3. The maximum absolute atomic E-state index is 13.6. The van der Waals surface area contributed by atoms with Gasteiger partial charge in [-0.05, 0) is 32.9 Å². The molecule has 1 aromatic heterocycles. The predicted octanol–water partition coefficient (Wildman–Crippen LogP) is 1.39. The van der Waals surface area contributed by atoms with Crippen molar-refractivity contribution in [1.82, 2.24) is 20.1 Å². The maximum Gasteiger partial charge on any atom is 0.352 e. The van der Waals surface area contributed by atoms with E-state index in [9.17, 15) is 44.4 Å². The Bertz CT molecular complexity index is 2000. The van der Waals surface area contributed by atoms with Crippen molar-refractivity contribution in [2.75, 3.05) is 38.5 Å². The van der Waals surface area contributed by atoms with E-state index in [0.29, 0.717) is 49.1 Å². The number of nitrogens with one attached hydrogen (secondary N) is 2. The van der Waals surface area contributed by atoms with E-state index >= 15 is 0 Å². The number of carboxylic acid groups (broad SMARTS) is 2. The van der Waals surface area contributed by atoms with Crippen molar-refractivity contribution < 1.29 is 53.7 Å². The second-order valence-electron chi connectivity index (χ2n) is 14.0. The Morgan fingerprint density at radius 2 is 1.87 bits per heavy atom. The Labute approximate surface area is 321 Å². The van der Waals surface area contributed by atoms with Gasteiger partial charge in [-0.25, -0.2) is 14.6 Å². The number of oxime groups is 1. The van der Waals surface area contributed by atoms with Crippen LogP contribution in [0.2, 0.25) is 5.02 Å². The molecular formula is C33H38ClN8O10S2+. The van der Waals surface area contributed by atoms with Crippen LogP contribution in [0, 0.1) is 5.41 Å². The zero-order valence-electron chi connectivity index (χ0n) is 29.2. The topological polar surface area (TPSA) is 269 Å². The fraction of sp³-hybridized carbons (Fsp3) is 0.455. The van der Waals surface area contributed by atoms with E-state index in [2.05, 4.69) is 15.5 Å². The summed E-state index contributed by atoms with van der Waals surface area (Å²) in [5, 5.41) is 54.8. The molecule has 5 aliphatic heterocycles. The Balaban J connectivity index is 1.19. The minimum absolute atomic E-state index is 0.00538. The van der Waals surface area contributed by atoms with Gasteiger partial charge in [0.05, 0.1) is 31.2 Å². The molecule has 6 heterocycles. The van der Waals surface area contributed by atoms with Gasteiger partial charge in [0.2, 0.25) is 5.60 Å². The van der Waals surface area contributed by atoms with Crippen molar-refractivity contribution >= 4 is 80.9 Å². The number of nitrogen functional groups attached to an aromatic ring is 1. The van der Waals surface area contributed by atoms with E-state index in [-0.39, 0.29) is 50.7 Å². The molecule has 4 saturated heterocycles. The fourth-order valence-corrected chi connectivity index (χ4v) is 9.27. The van der Waals surface area contributed by atoms with Crippen molar-refractivity contribution in [3.8, 4) is 11.5 Å². The number of carboxylic acids is 2. The third kappa shape index (κ3) is 7.05. The summed E-state index contributed by atoms with van der Waals surface area (Å²) in [5.74, 6) is -5.85. The van der Waals surface area contributed by atoms with E-state index in [0.717, 1.165) is 17.4 Å². The number of carbonyl (C=O) groups excluding carboxylic acids is 3. The van der Waals surface area contributed by atoms with Gasteiger partial charge in [0.25, 0.3) is 17.7 Å². The number of fused-ring (bicyclic) bond motifs is 5. The molecule has 3 atom stereocenters. The molecule has 54 heavy (non-hydrogen) atoms. The molecule has 0 spiro atoms. The first kappa shape index (κ1) is 38.8. The van der Waals surface area contributed by atoms with Crippen LogP contribution in [0.4, 0.5) is 5.13 Å². The molecule has 1 aromatic carbocycles. The second kappa shape index (κ2) is 14.4. The summed E-state index contributed by atoms with van der Waals surface area (Å²) >= 11 is 8.30. The van der Waals surface area contributed by atoms with Crippen LogP contribution in [0.5, 0.6) is 11.5 Å². The van der Waals surface area contributed by atoms with E-state index < -0.39 is 63.9 Å². The molecule has 7 rings (SSSR count). The smallest absolute Gasteiger partial charge is 0.352 e. The molecule has 4 fully saturated rings. The lowest BCUT2D eigenvalue weighted by atomic mass is 9.97. The molecular weight excluding hydrogens is 768 g/mol. The molecule has 0 radical (unpaired) electrons. The molecule has 3 unspecified atom stereocenters. The number of nitrogens with zero attached hydrogens (tertiary/aromatic N) is 5. The number of phenolic OH excluding ortho intramolecular Hbond substituents is 2. The zero-order chi connectivity index (χ0) is 39.4. The normalized spacial score (nSPS) is 25.4. The van der Waals surface area contributed by atoms with Crippen LogP contribution >= 0.6 is 34.7 Å². The molecule has 0 saturated carbocycles.